The van der Waals surface area contributed by atoms with Crippen molar-refractivity contribution in [1.29, 1.82) is 0 Å². The summed E-state index contributed by atoms with van der Waals surface area (Å²) in [7, 11) is 1.30. The molecule has 1 aromatic rings. The number of H-pyrrole nitrogens is 1. The lowest BCUT2D eigenvalue weighted by Gasteiger charge is -2.06. The summed E-state index contributed by atoms with van der Waals surface area (Å²) in [4.78, 5) is 17.7. The number of hydrogen-bond donors (Lipinski definition) is 3. The number of ether oxygens (including phenoxy) is 1. The van der Waals surface area contributed by atoms with Crippen LogP contribution in [0, 0.1) is 0 Å². The molecule has 0 unspecified atom stereocenters. The molecule has 0 radical (unpaired) electrons. The van der Waals surface area contributed by atoms with Gasteiger partial charge in [-0.15, -0.1) is 12.6 Å². The van der Waals surface area contributed by atoms with Gasteiger partial charge in [0.1, 0.15) is 6.04 Å². The van der Waals surface area contributed by atoms with E-state index in [1.807, 2.05) is 0 Å². The Labute approximate surface area is 81.1 Å². The predicted molar refractivity (Wildman–Crippen MR) is 49.5 cm³/mol. The van der Waals surface area contributed by atoms with Crippen molar-refractivity contribution in [2.24, 2.45) is 5.73 Å². The molecule has 0 aliphatic carbocycles. The van der Waals surface area contributed by atoms with Gasteiger partial charge in [-0.05, 0) is 0 Å². The van der Waals surface area contributed by atoms with Crippen LogP contribution in [0.4, 0.5) is 0 Å². The third-order valence-electron chi connectivity index (χ3n) is 1.61. The lowest BCUT2D eigenvalue weighted by atomic mass is 10.2. The zero-order valence-corrected chi connectivity index (χ0v) is 8.04. The maximum Gasteiger partial charge on any atom is 0.323 e. The van der Waals surface area contributed by atoms with Crippen LogP contribution in [0.5, 0.6) is 0 Å². The minimum absolute atomic E-state index is 0.328. The Hall–Kier alpha value is -1.01. The molecule has 0 bridgehead atoms. The van der Waals surface area contributed by atoms with Gasteiger partial charge in [0, 0.05) is 6.42 Å². The standard InChI is InChI=1S/C7H11N3O2S/c1-12-7(11)4(8)2-5-6(13)10-3-9-5/h3-4,13H,2,8H2,1H3,(H,9,10)/t4-/m0/s1. The van der Waals surface area contributed by atoms with Crippen LogP contribution >= 0.6 is 12.6 Å². The molecule has 0 aliphatic rings. The van der Waals surface area contributed by atoms with E-state index >= 15 is 0 Å². The molecule has 1 atom stereocenters. The van der Waals surface area contributed by atoms with Gasteiger partial charge in [-0.25, -0.2) is 4.98 Å². The number of carbonyl (C=O) groups excluding carboxylic acids is 1. The van der Waals surface area contributed by atoms with Crippen LogP contribution in [0.3, 0.4) is 0 Å². The van der Waals surface area contributed by atoms with Gasteiger partial charge < -0.3 is 15.5 Å². The Morgan fingerprint density at radius 2 is 2.62 bits per heavy atom. The van der Waals surface area contributed by atoms with Crippen molar-refractivity contribution in [1.82, 2.24) is 9.97 Å². The number of methoxy groups -OCH3 is 1. The summed E-state index contributed by atoms with van der Waals surface area (Å²) in [6, 6.07) is -0.681. The maximum absolute atomic E-state index is 10.9. The summed E-state index contributed by atoms with van der Waals surface area (Å²) in [5, 5.41) is 0.624. The fraction of sp³-hybridized carbons (Fsp3) is 0.429. The lowest BCUT2D eigenvalue weighted by molar-refractivity contribution is -0.142. The first-order valence-corrected chi connectivity index (χ1v) is 4.14. The van der Waals surface area contributed by atoms with Gasteiger partial charge >= 0.3 is 5.97 Å². The molecule has 13 heavy (non-hydrogen) atoms. The molecule has 72 valence electrons. The number of hydrogen-bond acceptors (Lipinski definition) is 5. The zero-order chi connectivity index (χ0) is 9.84. The van der Waals surface area contributed by atoms with Crippen molar-refractivity contribution in [3.05, 3.63) is 12.0 Å². The molecule has 0 aromatic carbocycles. The molecule has 1 aromatic heterocycles. The smallest absolute Gasteiger partial charge is 0.323 e. The SMILES string of the molecule is COC(=O)[C@@H](N)Cc1nc[nH]c1S. The van der Waals surface area contributed by atoms with Crippen molar-refractivity contribution in [2.75, 3.05) is 7.11 Å². The molecule has 0 saturated heterocycles. The molecule has 0 fully saturated rings. The first-order chi connectivity index (χ1) is 6.15. The largest absolute Gasteiger partial charge is 0.468 e. The normalized spacial score (nSPS) is 12.5. The summed E-state index contributed by atoms with van der Waals surface area (Å²) in [5.74, 6) is -0.448. The molecule has 0 amide bonds. The highest BCUT2D eigenvalue weighted by Gasteiger charge is 2.16. The van der Waals surface area contributed by atoms with Gasteiger partial charge in [-0.2, -0.15) is 0 Å². The fourth-order valence-corrected chi connectivity index (χ4v) is 1.11. The minimum atomic E-state index is -0.681. The fourth-order valence-electron chi connectivity index (χ4n) is 0.908. The lowest BCUT2D eigenvalue weighted by Crippen LogP contribution is -2.33. The van der Waals surface area contributed by atoms with E-state index in [0.29, 0.717) is 17.1 Å². The third-order valence-corrected chi connectivity index (χ3v) is 2.00. The van der Waals surface area contributed by atoms with Crippen LogP contribution in [0.2, 0.25) is 0 Å². The van der Waals surface area contributed by atoms with E-state index in [9.17, 15) is 4.79 Å². The molecule has 3 N–H and O–H groups in total. The van der Waals surface area contributed by atoms with Crippen molar-refractivity contribution >= 4 is 18.6 Å². The zero-order valence-electron chi connectivity index (χ0n) is 7.15. The van der Waals surface area contributed by atoms with Crippen LogP contribution in [-0.4, -0.2) is 29.1 Å². The van der Waals surface area contributed by atoms with Gasteiger partial charge in [-0.3, -0.25) is 4.79 Å². The quantitative estimate of drug-likeness (QED) is 0.465. The molecule has 0 spiro atoms. The monoisotopic (exact) mass is 201 g/mol. The van der Waals surface area contributed by atoms with Crippen molar-refractivity contribution in [2.45, 2.75) is 17.5 Å². The van der Waals surface area contributed by atoms with Gasteiger partial charge in [0.15, 0.2) is 0 Å². The first kappa shape index (κ1) is 10.1. The minimum Gasteiger partial charge on any atom is -0.468 e. The summed E-state index contributed by atoms with van der Waals surface area (Å²) in [6.45, 7) is 0. The molecule has 1 rings (SSSR count). The van der Waals surface area contributed by atoms with E-state index < -0.39 is 12.0 Å². The number of thiol groups is 1. The van der Waals surface area contributed by atoms with Crippen molar-refractivity contribution < 1.29 is 9.53 Å². The Kier molecular flexibility index (Phi) is 3.32. The number of nitrogens with zero attached hydrogens (tertiary/aromatic N) is 1. The number of aromatic nitrogens is 2. The van der Waals surface area contributed by atoms with E-state index in [4.69, 9.17) is 5.73 Å². The number of esters is 1. The highest BCUT2D eigenvalue weighted by atomic mass is 32.1. The highest BCUT2D eigenvalue weighted by Crippen LogP contribution is 2.09. The summed E-state index contributed by atoms with van der Waals surface area (Å²) < 4.78 is 4.47. The van der Waals surface area contributed by atoms with Crippen LogP contribution < -0.4 is 5.73 Å². The molecule has 5 nitrogen and oxygen atoms in total. The van der Waals surface area contributed by atoms with Crippen LogP contribution in [0.25, 0.3) is 0 Å². The van der Waals surface area contributed by atoms with Crippen molar-refractivity contribution in [3.63, 3.8) is 0 Å². The molecular weight excluding hydrogens is 190 g/mol. The average Bonchev–Trinajstić information content (AvgIpc) is 2.50. The number of aromatic amines is 1. The van der Waals surface area contributed by atoms with E-state index in [-0.39, 0.29) is 0 Å². The third kappa shape index (κ3) is 2.46. The predicted octanol–water partition coefficient (Wildman–Crippen LogP) is -0.259. The van der Waals surface area contributed by atoms with Crippen LogP contribution in [0.1, 0.15) is 5.69 Å². The Morgan fingerprint density at radius 1 is 1.92 bits per heavy atom. The van der Waals surface area contributed by atoms with E-state index in [0.717, 1.165) is 0 Å². The topological polar surface area (TPSA) is 81.0 Å². The molecule has 1 heterocycles. The van der Waals surface area contributed by atoms with E-state index in [1.165, 1.54) is 13.4 Å². The highest BCUT2D eigenvalue weighted by molar-refractivity contribution is 7.80. The molecule has 0 aliphatic heterocycles. The first-order valence-electron chi connectivity index (χ1n) is 3.69. The summed E-state index contributed by atoms with van der Waals surface area (Å²) in [5.41, 5.74) is 6.19. The molecular formula is C7H11N3O2S. The number of rotatable bonds is 3. The molecule has 0 saturated carbocycles. The van der Waals surface area contributed by atoms with Gasteiger partial charge in [0.25, 0.3) is 0 Å². The second-order valence-corrected chi connectivity index (χ2v) is 2.98. The van der Waals surface area contributed by atoms with Gasteiger partial charge in [-0.1, -0.05) is 0 Å². The van der Waals surface area contributed by atoms with E-state index in [2.05, 4.69) is 27.3 Å². The summed E-state index contributed by atoms with van der Waals surface area (Å²) >= 11 is 4.10. The Balaban J connectivity index is 2.59. The van der Waals surface area contributed by atoms with E-state index in [1.54, 1.807) is 0 Å². The number of carbonyl (C=O) groups is 1. The average molecular weight is 201 g/mol. The number of nitrogens with two attached hydrogens (primary N) is 1. The van der Waals surface area contributed by atoms with Gasteiger partial charge in [0.05, 0.1) is 24.2 Å². The van der Waals surface area contributed by atoms with Gasteiger partial charge in [0.2, 0.25) is 0 Å². The maximum atomic E-state index is 10.9. The molecule has 6 heteroatoms. The second-order valence-electron chi connectivity index (χ2n) is 2.53. The van der Waals surface area contributed by atoms with Crippen LogP contribution in [-0.2, 0) is 16.0 Å². The number of imidazole rings is 1. The Morgan fingerprint density at radius 3 is 3.08 bits per heavy atom. The second kappa shape index (κ2) is 4.29. The number of nitrogens with one attached hydrogen (secondary N) is 1. The van der Waals surface area contributed by atoms with Crippen molar-refractivity contribution in [3.8, 4) is 0 Å². The Bertz CT molecular complexity index is 300. The summed E-state index contributed by atoms with van der Waals surface area (Å²) in [6.07, 6.45) is 1.83. The van der Waals surface area contributed by atoms with Crippen LogP contribution in [0.15, 0.2) is 11.4 Å².